The molecule has 2 N–H and O–H groups in total. The van der Waals surface area contributed by atoms with Gasteiger partial charge in [-0.25, -0.2) is 0 Å². The lowest BCUT2D eigenvalue weighted by molar-refractivity contribution is 0.228. The number of likely N-dealkylation sites (tertiary alicyclic amines) is 1. The van der Waals surface area contributed by atoms with Gasteiger partial charge >= 0.3 is 0 Å². The van der Waals surface area contributed by atoms with E-state index in [1.165, 1.54) is 13.0 Å². The Morgan fingerprint density at radius 1 is 1.39 bits per heavy atom. The van der Waals surface area contributed by atoms with Gasteiger partial charge in [-0.2, -0.15) is 0 Å². The fourth-order valence-corrected chi connectivity index (χ4v) is 2.76. The van der Waals surface area contributed by atoms with E-state index < -0.39 is 0 Å². The lowest BCUT2D eigenvalue weighted by atomic mass is 10.1. The number of hydrogen-bond donors (Lipinski definition) is 1. The molecule has 2 rings (SSSR count). The lowest BCUT2D eigenvalue weighted by Gasteiger charge is -2.20. The van der Waals surface area contributed by atoms with Crippen molar-refractivity contribution in [1.82, 2.24) is 4.90 Å². The van der Waals surface area contributed by atoms with E-state index >= 15 is 0 Å². The first-order valence-electron chi connectivity index (χ1n) is 6.87. The van der Waals surface area contributed by atoms with Crippen molar-refractivity contribution in [2.75, 3.05) is 25.4 Å². The van der Waals surface area contributed by atoms with Crippen LogP contribution in [0.15, 0.2) is 24.3 Å². The van der Waals surface area contributed by atoms with E-state index in [2.05, 4.69) is 18.7 Å². The second-order valence-electron chi connectivity index (χ2n) is 5.46. The molecule has 1 heterocycles. The summed E-state index contributed by atoms with van der Waals surface area (Å²) in [7, 11) is 0. The number of rotatable bonds is 5. The standard InChI is InChI=1S/C15H24N2O/c1-12-9-13(2)17(11-12)7-4-8-18-15-6-3-5-14(16)10-15/h3,5-6,10,12-13H,4,7-9,11,16H2,1-2H3. The number of hydrogen-bond acceptors (Lipinski definition) is 3. The van der Waals surface area contributed by atoms with Crippen LogP contribution in [0.1, 0.15) is 26.7 Å². The van der Waals surface area contributed by atoms with Crippen LogP contribution < -0.4 is 10.5 Å². The predicted molar refractivity (Wildman–Crippen MR) is 75.8 cm³/mol. The third-order valence-corrected chi connectivity index (χ3v) is 3.63. The molecule has 2 unspecified atom stereocenters. The zero-order valence-electron chi connectivity index (χ0n) is 11.4. The lowest BCUT2D eigenvalue weighted by Crippen LogP contribution is -2.29. The second-order valence-corrected chi connectivity index (χ2v) is 5.46. The Bertz CT molecular complexity index is 381. The van der Waals surface area contributed by atoms with Crippen molar-refractivity contribution in [3.05, 3.63) is 24.3 Å². The summed E-state index contributed by atoms with van der Waals surface area (Å²) < 4.78 is 5.70. The minimum atomic E-state index is 0.729. The molecule has 1 aliphatic rings. The number of nitrogens with zero attached hydrogens (tertiary/aromatic N) is 1. The maximum absolute atomic E-state index is 5.71. The molecule has 3 heteroatoms. The molecule has 1 saturated heterocycles. The Labute approximate surface area is 110 Å². The van der Waals surface area contributed by atoms with Crippen LogP contribution in [0.4, 0.5) is 5.69 Å². The molecule has 1 fully saturated rings. The number of nitrogen functional groups attached to an aromatic ring is 1. The van der Waals surface area contributed by atoms with Gasteiger partial charge in [-0.3, -0.25) is 0 Å². The van der Waals surface area contributed by atoms with Gasteiger partial charge in [0, 0.05) is 30.9 Å². The molecule has 0 spiro atoms. The number of anilines is 1. The molecule has 1 aliphatic heterocycles. The highest BCUT2D eigenvalue weighted by Gasteiger charge is 2.25. The van der Waals surface area contributed by atoms with Gasteiger partial charge in [0.05, 0.1) is 6.61 Å². The molecule has 0 amide bonds. The summed E-state index contributed by atoms with van der Waals surface area (Å²) in [5.74, 6) is 1.72. The van der Waals surface area contributed by atoms with Gasteiger partial charge in [-0.1, -0.05) is 13.0 Å². The van der Waals surface area contributed by atoms with Gasteiger partial charge < -0.3 is 15.4 Å². The predicted octanol–water partition coefficient (Wildman–Crippen LogP) is 2.77. The van der Waals surface area contributed by atoms with Crippen LogP contribution in [-0.4, -0.2) is 30.6 Å². The summed E-state index contributed by atoms with van der Waals surface area (Å²) >= 11 is 0. The summed E-state index contributed by atoms with van der Waals surface area (Å²) in [6.45, 7) is 7.79. The van der Waals surface area contributed by atoms with Crippen molar-refractivity contribution in [3.63, 3.8) is 0 Å². The molecular weight excluding hydrogens is 224 g/mol. The third kappa shape index (κ3) is 3.64. The highest BCUT2D eigenvalue weighted by Crippen LogP contribution is 2.22. The molecule has 1 aromatic rings. The van der Waals surface area contributed by atoms with Crippen molar-refractivity contribution in [3.8, 4) is 5.75 Å². The Morgan fingerprint density at radius 2 is 2.22 bits per heavy atom. The van der Waals surface area contributed by atoms with E-state index in [0.29, 0.717) is 0 Å². The first-order valence-corrected chi connectivity index (χ1v) is 6.87. The van der Waals surface area contributed by atoms with E-state index in [0.717, 1.165) is 43.0 Å². The monoisotopic (exact) mass is 248 g/mol. The van der Waals surface area contributed by atoms with Gasteiger partial charge in [0.1, 0.15) is 5.75 Å². The second kappa shape index (κ2) is 6.10. The Balaban J connectivity index is 1.67. The van der Waals surface area contributed by atoms with E-state index in [9.17, 15) is 0 Å². The van der Waals surface area contributed by atoms with Gasteiger partial charge in [0.2, 0.25) is 0 Å². The average molecular weight is 248 g/mol. The summed E-state index contributed by atoms with van der Waals surface area (Å²) in [6, 6.07) is 8.36. The number of benzene rings is 1. The zero-order chi connectivity index (χ0) is 13.0. The third-order valence-electron chi connectivity index (χ3n) is 3.63. The zero-order valence-corrected chi connectivity index (χ0v) is 11.4. The number of ether oxygens (including phenoxy) is 1. The van der Waals surface area contributed by atoms with Gasteiger partial charge in [-0.15, -0.1) is 0 Å². The van der Waals surface area contributed by atoms with Crippen LogP contribution in [-0.2, 0) is 0 Å². The maximum Gasteiger partial charge on any atom is 0.121 e. The largest absolute Gasteiger partial charge is 0.493 e. The SMILES string of the molecule is CC1CC(C)N(CCCOc2cccc(N)c2)C1. The fraction of sp³-hybridized carbons (Fsp3) is 0.600. The molecule has 0 radical (unpaired) electrons. The van der Waals surface area contributed by atoms with E-state index in [1.54, 1.807) is 0 Å². The first kappa shape index (κ1) is 13.2. The molecule has 3 nitrogen and oxygen atoms in total. The van der Waals surface area contributed by atoms with Crippen LogP contribution in [0.2, 0.25) is 0 Å². The molecule has 0 aromatic heterocycles. The molecule has 0 saturated carbocycles. The highest BCUT2D eigenvalue weighted by atomic mass is 16.5. The molecule has 100 valence electrons. The molecular formula is C15H24N2O. The summed E-state index contributed by atoms with van der Waals surface area (Å²) in [5.41, 5.74) is 6.47. The van der Waals surface area contributed by atoms with E-state index in [-0.39, 0.29) is 0 Å². The summed E-state index contributed by atoms with van der Waals surface area (Å²) in [5, 5.41) is 0. The molecule has 1 aromatic carbocycles. The highest BCUT2D eigenvalue weighted by molar-refractivity contribution is 5.43. The van der Waals surface area contributed by atoms with Crippen molar-refractivity contribution in [2.45, 2.75) is 32.7 Å². The summed E-state index contributed by atoms with van der Waals surface area (Å²) in [6.07, 6.45) is 2.40. The summed E-state index contributed by atoms with van der Waals surface area (Å²) in [4.78, 5) is 2.56. The van der Waals surface area contributed by atoms with Crippen molar-refractivity contribution < 1.29 is 4.74 Å². The molecule has 0 aliphatic carbocycles. The first-order chi connectivity index (χ1) is 8.65. The van der Waals surface area contributed by atoms with Crippen molar-refractivity contribution in [2.24, 2.45) is 5.92 Å². The van der Waals surface area contributed by atoms with Crippen LogP contribution in [0, 0.1) is 5.92 Å². The minimum Gasteiger partial charge on any atom is -0.493 e. The van der Waals surface area contributed by atoms with Crippen LogP contribution in [0.3, 0.4) is 0 Å². The van der Waals surface area contributed by atoms with Crippen molar-refractivity contribution in [1.29, 1.82) is 0 Å². The van der Waals surface area contributed by atoms with Crippen LogP contribution in [0.5, 0.6) is 5.75 Å². The van der Waals surface area contributed by atoms with Gasteiger partial charge in [-0.05, 0) is 37.8 Å². The van der Waals surface area contributed by atoms with E-state index in [1.807, 2.05) is 24.3 Å². The van der Waals surface area contributed by atoms with Gasteiger partial charge in [0.25, 0.3) is 0 Å². The number of nitrogens with two attached hydrogens (primary N) is 1. The average Bonchev–Trinajstić information content (AvgIpc) is 2.64. The quantitative estimate of drug-likeness (QED) is 0.643. The Kier molecular flexibility index (Phi) is 4.48. The Morgan fingerprint density at radius 3 is 2.89 bits per heavy atom. The van der Waals surface area contributed by atoms with Crippen LogP contribution >= 0.6 is 0 Å². The maximum atomic E-state index is 5.71. The Hall–Kier alpha value is -1.22. The van der Waals surface area contributed by atoms with Crippen molar-refractivity contribution >= 4 is 5.69 Å². The topological polar surface area (TPSA) is 38.5 Å². The molecule has 2 atom stereocenters. The normalized spacial score (nSPS) is 24.3. The van der Waals surface area contributed by atoms with Gasteiger partial charge in [0.15, 0.2) is 0 Å². The molecule has 0 bridgehead atoms. The molecule has 18 heavy (non-hydrogen) atoms. The fourth-order valence-electron chi connectivity index (χ4n) is 2.76. The van der Waals surface area contributed by atoms with Crippen LogP contribution in [0.25, 0.3) is 0 Å². The van der Waals surface area contributed by atoms with E-state index in [4.69, 9.17) is 10.5 Å². The minimum absolute atomic E-state index is 0.729. The smallest absolute Gasteiger partial charge is 0.121 e.